The van der Waals surface area contributed by atoms with E-state index >= 15 is 0 Å². The molecule has 0 aliphatic carbocycles. The van der Waals surface area contributed by atoms with Gasteiger partial charge in [0.1, 0.15) is 0 Å². The summed E-state index contributed by atoms with van der Waals surface area (Å²) in [4.78, 5) is 17.1. The Morgan fingerprint density at radius 1 is 1.07 bits per heavy atom. The number of rotatable bonds is 8. The van der Waals surface area contributed by atoms with Crippen LogP contribution in [-0.2, 0) is 17.8 Å². The van der Waals surface area contributed by atoms with Gasteiger partial charge in [0.25, 0.3) is 5.91 Å². The third-order valence-electron chi connectivity index (χ3n) is 4.77. The van der Waals surface area contributed by atoms with Gasteiger partial charge in [-0.25, -0.2) is 4.99 Å². The second-order valence-corrected chi connectivity index (χ2v) is 7.08. The number of amides is 1. The predicted molar refractivity (Wildman–Crippen MR) is 116 cm³/mol. The van der Waals surface area contributed by atoms with E-state index < -0.39 is 0 Å². The minimum absolute atomic E-state index is 0.0690. The first-order valence-corrected chi connectivity index (χ1v) is 10.3. The molecule has 0 spiro atoms. The largest absolute Gasteiger partial charge is 0.376 e. The number of hydrogen-bond acceptors (Lipinski definition) is 3. The summed E-state index contributed by atoms with van der Waals surface area (Å²) in [5.74, 6) is 0.685. The lowest BCUT2D eigenvalue weighted by atomic mass is 10.1. The Morgan fingerprint density at radius 3 is 2.66 bits per heavy atom. The van der Waals surface area contributed by atoms with Crippen molar-refractivity contribution in [3.05, 3.63) is 71.3 Å². The van der Waals surface area contributed by atoms with Gasteiger partial charge in [0.2, 0.25) is 0 Å². The van der Waals surface area contributed by atoms with Crippen LogP contribution in [0.1, 0.15) is 41.3 Å². The van der Waals surface area contributed by atoms with Crippen molar-refractivity contribution >= 4 is 11.9 Å². The average molecular weight is 395 g/mol. The minimum atomic E-state index is -0.0690. The number of aliphatic imine (C=N–C) groups is 1. The van der Waals surface area contributed by atoms with Crippen molar-refractivity contribution < 1.29 is 9.53 Å². The molecule has 1 atom stereocenters. The van der Waals surface area contributed by atoms with Crippen molar-refractivity contribution in [1.29, 1.82) is 0 Å². The van der Waals surface area contributed by atoms with E-state index in [1.165, 1.54) is 5.56 Å². The molecule has 6 nitrogen and oxygen atoms in total. The van der Waals surface area contributed by atoms with Crippen LogP contribution < -0.4 is 16.0 Å². The molecule has 1 fully saturated rings. The Hall–Kier alpha value is -2.86. The summed E-state index contributed by atoms with van der Waals surface area (Å²) in [6.45, 7) is 5.38. The van der Waals surface area contributed by atoms with Gasteiger partial charge in [0, 0.05) is 31.8 Å². The molecule has 0 saturated carbocycles. The van der Waals surface area contributed by atoms with Gasteiger partial charge in [-0.3, -0.25) is 4.79 Å². The highest BCUT2D eigenvalue weighted by Crippen LogP contribution is 2.11. The number of hydrogen-bond donors (Lipinski definition) is 3. The standard InChI is InChI=1S/C23H30N4O2/c1-2-24-23(26-15-18-8-4-3-5-9-18)27-16-19-10-6-11-20(14-19)22(28)25-17-21-12-7-13-29-21/h3-6,8-11,14,21H,2,7,12-13,15-17H2,1H3,(H,25,28)(H2,24,26,27). The molecule has 1 amide bonds. The molecule has 29 heavy (non-hydrogen) atoms. The maximum atomic E-state index is 12.4. The first-order chi connectivity index (χ1) is 14.2. The Balaban J connectivity index is 1.55. The summed E-state index contributed by atoms with van der Waals surface area (Å²) in [7, 11) is 0. The van der Waals surface area contributed by atoms with E-state index in [9.17, 15) is 4.79 Å². The molecule has 3 N–H and O–H groups in total. The smallest absolute Gasteiger partial charge is 0.251 e. The molecular formula is C23H30N4O2. The van der Waals surface area contributed by atoms with Gasteiger partial charge in [-0.1, -0.05) is 42.5 Å². The van der Waals surface area contributed by atoms with Crippen molar-refractivity contribution in [3.8, 4) is 0 Å². The first-order valence-electron chi connectivity index (χ1n) is 10.3. The summed E-state index contributed by atoms with van der Waals surface area (Å²) in [6.07, 6.45) is 2.23. The highest BCUT2D eigenvalue weighted by atomic mass is 16.5. The highest BCUT2D eigenvalue weighted by molar-refractivity contribution is 5.94. The fourth-order valence-electron chi connectivity index (χ4n) is 3.22. The molecule has 1 aliphatic rings. The van der Waals surface area contributed by atoms with Crippen LogP contribution in [-0.4, -0.2) is 37.7 Å². The molecule has 2 aromatic rings. The monoisotopic (exact) mass is 394 g/mol. The number of benzene rings is 2. The summed E-state index contributed by atoms with van der Waals surface area (Å²) >= 11 is 0. The molecule has 154 valence electrons. The van der Waals surface area contributed by atoms with Crippen LogP contribution in [0, 0.1) is 0 Å². The molecule has 1 saturated heterocycles. The molecule has 0 bridgehead atoms. The Bertz CT molecular complexity index is 802. The Labute approximate surface area is 172 Å². The molecule has 0 aromatic heterocycles. The lowest BCUT2D eigenvalue weighted by Gasteiger charge is -2.12. The quantitative estimate of drug-likeness (QED) is 0.475. The van der Waals surface area contributed by atoms with Gasteiger partial charge in [0.05, 0.1) is 12.6 Å². The predicted octanol–water partition coefficient (Wildman–Crippen LogP) is 2.85. The molecule has 0 radical (unpaired) electrons. The summed E-state index contributed by atoms with van der Waals surface area (Å²) in [5, 5.41) is 9.57. The van der Waals surface area contributed by atoms with Crippen LogP contribution in [0.2, 0.25) is 0 Å². The van der Waals surface area contributed by atoms with Gasteiger partial charge in [-0.05, 0) is 43.0 Å². The van der Waals surface area contributed by atoms with E-state index in [2.05, 4.69) is 33.1 Å². The number of nitrogens with zero attached hydrogens (tertiary/aromatic N) is 1. The first kappa shape index (κ1) is 20.9. The molecule has 1 heterocycles. The van der Waals surface area contributed by atoms with Crippen LogP contribution in [0.5, 0.6) is 0 Å². The van der Waals surface area contributed by atoms with E-state index in [4.69, 9.17) is 4.74 Å². The fourth-order valence-corrected chi connectivity index (χ4v) is 3.22. The zero-order chi connectivity index (χ0) is 20.3. The van der Waals surface area contributed by atoms with E-state index in [1.54, 1.807) is 0 Å². The van der Waals surface area contributed by atoms with Crippen molar-refractivity contribution in [2.24, 2.45) is 4.99 Å². The van der Waals surface area contributed by atoms with Crippen molar-refractivity contribution in [3.63, 3.8) is 0 Å². The summed E-state index contributed by atoms with van der Waals surface area (Å²) in [6, 6.07) is 17.8. The van der Waals surface area contributed by atoms with Crippen molar-refractivity contribution in [2.45, 2.75) is 39.0 Å². The van der Waals surface area contributed by atoms with Crippen LogP contribution >= 0.6 is 0 Å². The van der Waals surface area contributed by atoms with Crippen LogP contribution in [0.3, 0.4) is 0 Å². The van der Waals surface area contributed by atoms with Gasteiger partial charge in [-0.2, -0.15) is 0 Å². The van der Waals surface area contributed by atoms with E-state index in [-0.39, 0.29) is 12.0 Å². The average Bonchev–Trinajstić information content (AvgIpc) is 3.28. The second kappa shape index (κ2) is 11.2. The van der Waals surface area contributed by atoms with E-state index in [0.717, 1.165) is 37.5 Å². The Morgan fingerprint density at radius 2 is 1.90 bits per heavy atom. The minimum Gasteiger partial charge on any atom is -0.376 e. The van der Waals surface area contributed by atoms with Gasteiger partial charge in [0.15, 0.2) is 5.96 Å². The zero-order valence-corrected chi connectivity index (χ0v) is 17.0. The van der Waals surface area contributed by atoms with E-state index in [1.807, 2.05) is 49.4 Å². The lowest BCUT2D eigenvalue weighted by Crippen LogP contribution is -2.36. The zero-order valence-electron chi connectivity index (χ0n) is 17.0. The SMILES string of the molecule is CCNC(=NCc1cccc(C(=O)NCC2CCCO2)c1)NCc1ccccc1. The number of nitrogens with one attached hydrogen (secondary N) is 3. The molecular weight excluding hydrogens is 364 g/mol. The summed E-state index contributed by atoms with van der Waals surface area (Å²) in [5.41, 5.74) is 2.84. The molecule has 6 heteroatoms. The van der Waals surface area contributed by atoms with Gasteiger partial charge >= 0.3 is 0 Å². The van der Waals surface area contributed by atoms with Gasteiger partial charge in [-0.15, -0.1) is 0 Å². The topological polar surface area (TPSA) is 74.8 Å². The maximum absolute atomic E-state index is 12.4. The normalized spacial score (nSPS) is 16.4. The summed E-state index contributed by atoms with van der Waals surface area (Å²) < 4.78 is 5.56. The van der Waals surface area contributed by atoms with E-state index in [0.29, 0.717) is 25.2 Å². The van der Waals surface area contributed by atoms with Gasteiger partial charge < -0.3 is 20.7 Å². The van der Waals surface area contributed by atoms with Crippen LogP contribution in [0.15, 0.2) is 59.6 Å². The highest BCUT2D eigenvalue weighted by Gasteiger charge is 2.16. The maximum Gasteiger partial charge on any atom is 0.251 e. The number of guanidine groups is 1. The molecule has 1 aliphatic heterocycles. The van der Waals surface area contributed by atoms with Crippen LogP contribution in [0.25, 0.3) is 0 Å². The number of ether oxygens (including phenoxy) is 1. The molecule has 3 rings (SSSR count). The van der Waals surface area contributed by atoms with Crippen LogP contribution in [0.4, 0.5) is 0 Å². The molecule has 2 aromatic carbocycles. The van der Waals surface area contributed by atoms with Crippen molar-refractivity contribution in [1.82, 2.24) is 16.0 Å². The third kappa shape index (κ3) is 6.91. The number of carbonyl (C=O) groups excluding carboxylic acids is 1. The molecule has 1 unspecified atom stereocenters. The number of carbonyl (C=O) groups is 1. The fraction of sp³-hybridized carbons (Fsp3) is 0.391. The van der Waals surface area contributed by atoms with Crippen molar-refractivity contribution in [2.75, 3.05) is 19.7 Å². The Kier molecular flexibility index (Phi) is 8.07. The third-order valence-corrected chi connectivity index (χ3v) is 4.77. The second-order valence-electron chi connectivity index (χ2n) is 7.08. The lowest BCUT2D eigenvalue weighted by molar-refractivity contribution is 0.0857.